The SMILES string of the molecule is COc1ccc(C(=O)N2CCN(Cc3ccc(F)cc3)CC2)cc1OCCc1ccc(Cl)cc1Cl. The van der Waals surface area contributed by atoms with E-state index < -0.39 is 0 Å². The van der Waals surface area contributed by atoms with Crippen molar-refractivity contribution in [2.75, 3.05) is 39.9 Å². The molecule has 0 aromatic heterocycles. The molecule has 184 valence electrons. The third-order valence-electron chi connectivity index (χ3n) is 6.03. The Hall–Kier alpha value is -2.80. The number of nitrogens with zero attached hydrogens (tertiary/aromatic N) is 2. The summed E-state index contributed by atoms with van der Waals surface area (Å²) in [6.45, 7) is 3.86. The molecule has 1 saturated heterocycles. The summed E-state index contributed by atoms with van der Waals surface area (Å²) >= 11 is 12.2. The van der Waals surface area contributed by atoms with Crippen molar-refractivity contribution in [3.8, 4) is 11.5 Å². The summed E-state index contributed by atoms with van der Waals surface area (Å²) in [5.74, 6) is 0.798. The Labute approximate surface area is 215 Å². The summed E-state index contributed by atoms with van der Waals surface area (Å²) in [5.41, 5.74) is 2.54. The highest BCUT2D eigenvalue weighted by Crippen LogP contribution is 2.29. The maximum Gasteiger partial charge on any atom is 0.254 e. The van der Waals surface area contributed by atoms with Crippen LogP contribution in [0.5, 0.6) is 11.5 Å². The van der Waals surface area contributed by atoms with Gasteiger partial charge in [0.1, 0.15) is 5.82 Å². The number of methoxy groups -OCH3 is 1. The molecule has 0 N–H and O–H groups in total. The molecule has 0 bridgehead atoms. The first-order valence-electron chi connectivity index (χ1n) is 11.4. The van der Waals surface area contributed by atoms with Crippen molar-refractivity contribution in [2.45, 2.75) is 13.0 Å². The number of hydrogen-bond acceptors (Lipinski definition) is 4. The number of ether oxygens (including phenoxy) is 2. The Morgan fingerprint density at radius 3 is 2.37 bits per heavy atom. The number of carbonyl (C=O) groups excluding carboxylic acids is 1. The van der Waals surface area contributed by atoms with Crippen LogP contribution in [0.2, 0.25) is 10.0 Å². The normalized spacial score (nSPS) is 14.1. The minimum Gasteiger partial charge on any atom is -0.493 e. The first kappa shape index (κ1) is 25.3. The van der Waals surface area contributed by atoms with E-state index in [-0.39, 0.29) is 11.7 Å². The van der Waals surface area contributed by atoms with Crippen molar-refractivity contribution in [1.82, 2.24) is 9.80 Å². The summed E-state index contributed by atoms with van der Waals surface area (Å²) in [5, 5.41) is 1.18. The van der Waals surface area contributed by atoms with Gasteiger partial charge in [0.25, 0.3) is 5.91 Å². The maximum atomic E-state index is 13.2. The van der Waals surface area contributed by atoms with Crippen molar-refractivity contribution >= 4 is 29.1 Å². The van der Waals surface area contributed by atoms with Gasteiger partial charge in [-0.3, -0.25) is 9.69 Å². The summed E-state index contributed by atoms with van der Waals surface area (Å²) in [6.07, 6.45) is 0.591. The molecule has 35 heavy (non-hydrogen) atoms. The zero-order chi connectivity index (χ0) is 24.8. The Bertz CT molecular complexity index is 1170. The zero-order valence-corrected chi connectivity index (χ0v) is 21.0. The molecular weight excluding hydrogens is 490 g/mol. The van der Waals surface area contributed by atoms with E-state index in [1.54, 1.807) is 49.6 Å². The van der Waals surface area contributed by atoms with Crippen LogP contribution in [0.3, 0.4) is 0 Å². The molecule has 1 aliphatic heterocycles. The van der Waals surface area contributed by atoms with Crippen molar-refractivity contribution in [2.24, 2.45) is 0 Å². The molecule has 4 rings (SSSR count). The lowest BCUT2D eigenvalue weighted by molar-refractivity contribution is 0.0628. The summed E-state index contributed by atoms with van der Waals surface area (Å²) < 4.78 is 24.5. The smallest absolute Gasteiger partial charge is 0.254 e. The van der Waals surface area contributed by atoms with E-state index in [0.717, 1.165) is 30.8 Å². The van der Waals surface area contributed by atoms with Crippen LogP contribution in [0.15, 0.2) is 60.7 Å². The molecule has 0 saturated carbocycles. The standard InChI is InChI=1S/C27H27Cl2FN2O3/c1-34-25-9-5-21(16-26(25)35-15-10-20-4-6-22(28)17-24(20)29)27(33)32-13-11-31(12-14-32)18-19-2-7-23(30)8-3-19/h2-9,16-17H,10-15,18H2,1H3. The van der Waals surface area contributed by atoms with Gasteiger partial charge in [0, 0.05) is 54.8 Å². The van der Waals surface area contributed by atoms with Crippen molar-refractivity contribution in [1.29, 1.82) is 0 Å². The molecule has 1 amide bonds. The average molecular weight is 517 g/mol. The van der Waals surface area contributed by atoms with Gasteiger partial charge in [0.15, 0.2) is 11.5 Å². The fraction of sp³-hybridized carbons (Fsp3) is 0.296. The molecule has 1 aliphatic rings. The van der Waals surface area contributed by atoms with Gasteiger partial charge in [0.2, 0.25) is 0 Å². The topological polar surface area (TPSA) is 42.0 Å². The first-order valence-corrected chi connectivity index (χ1v) is 12.2. The highest BCUT2D eigenvalue weighted by atomic mass is 35.5. The predicted molar refractivity (Wildman–Crippen MR) is 136 cm³/mol. The van der Waals surface area contributed by atoms with Gasteiger partial charge in [0.05, 0.1) is 13.7 Å². The monoisotopic (exact) mass is 516 g/mol. The van der Waals surface area contributed by atoms with Gasteiger partial charge in [-0.2, -0.15) is 0 Å². The summed E-state index contributed by atoms with van der Waals surface area (Å²) in [6, 6.07) is 17.2. The van der Waals surface area contributed by atoms with Crippen molar-refractivity contribution in [3.05, 3.63) is 93.2 Å². The molecule has 0 radical (unpaired) electrons. The molecule has 1 fully saturated rings. The fourth-order valence-electron chi connectivity index (χ4n) is 4.06. The van der Waals surface area contributed by atoms with Gasteiger partial charge in [-0.25, -0.2) is 4.39 Å². The Balaban J connectivity index is 1.34. The lowest BCUT2D eigenvalue weighted by Crippen LogP contribution is -2.48. The summed E-state index contributed by atoms with van der Waals surface area (Å²) in [4.78, 5) is 17.3. The molecule has 1 heterocycles. The van der Waals surface area contributed by atoms with Gasteiger partial charge < -0.3 is 14.4 Å². The largest absolute Gasteiger partial charge is 0.493 e. The Kier molecular flexibility index (Phi) is 8.50. The van der Waals surface area contributed by atoms with E-state index in [1.807, 2.05) is 11.0 Å². The minimum absolute atomic E-state index is 0.0420. The lowest BCUT2D eigenvalue weighted by Gasteiger charge is -2.34. The number of hydrogen-bond donors (Lipinski definition) is 0. The molecule has 0 aliphatic carbocycles. The van der Waals surface area contributed by atoms with Crippen LogP contribution < -0.4 is 9.47 Å². The second-order valence-electron chi connectivity index (χ2n) is 8.39. The second-order valence-corrected chi connectivity index (χ2v) is 9.24. The molecule has 0 unspecified atom stereocenters. The highest BCUT2D eigenvalue weighted by molar-refractivity contribution is 6.35. The van der Waals surface area contributed by atoms with E-state index in [2.05, 4.69) is 4.90 Å². The van der Waals surface area contributed by atoms with Crippen LogP contribution >= 0.6 is 23.2 Å². The van der Waals surface area contributed by atoms with Crippen LogP contribution in [0, 0.1) is 5.82 Å². The van der Waals surface area contributed by atoms with E-state index in [1.165, 1.54) is 12.1 Å². The van der Waals surface area contributed by atoms with Crippen molar-refractivity contribution < 1.29 is 18.7 Å². The quantitative estimate of drug-likeness (QED) is 0.384. The average Bonchev–Trinajstić information content (AvgIpc) is 2.86. The van der Waals surface area contributed by atoms with Gasteiger partial charge in [-0.15, -0.1) is 0 Å². The molecular formula is C27H27Cl2FN2O3. The minimum atomic E-state index is -0.235. The van der Waals surface area contributed by atoms with Gasteiger partial charge in [-0.1, -0.05) is 41.4 Å². The number of rotatable bonds is 8. The Morgan fingerprint density at radius 2 is 1.69 bits per heavy atom. The van der Waals surface area contributed by atoms with Crippen LogP contribution in [0.1, 0.15) is 21.5 Å². The molecule has 0 atom stereocenters. The van der Waals surface area contributed by atoms with Gasteiger partial charge in [-0.05, 0) is 53.6 Å². The lowest BCUT2D eigenvalue weighted by atomic mass is 10.1. The van der Waals surface area contributed by atoms with Crippen LogP contribution in [-0.4, -0.2) is 55.6 Å². The second kappa shape index (κ2) is 11.8. The first-order chi connectivity index (χ1) is 16.9. The summed E-state index contributed by atoms with van der Waals surface area (Å²) in [7, 11) is 1.57. The third kappa shape index (κ3) is 6.66. The number of carbonyl (C=O) groups is 1. The van der Waals surface area contributed by atoms with Crippen LogP contribution in [-0.2, 0) is 13.0 Å². The number of benzene rings is 3. The highest BCUT2D eigenvalue weighted by Gasteiger charge is 2.23. The Morgan fingerprint density at radius 1 is 0.943 bits per heavy atom. The molecule has 5 nitrogen and oxygen atoms in total. The molecule has 8 heteroatoms. The third-order valence-corrected chi connectivity index (χ3v) is 6.62. The fourth-order valence-corrected chi connectivity index (χ4v) is 4.56. The van der Waals surface area contributed by atoms with E-state index in [9.17, 15) is 9.18 Å². The van der Waals surface area contributed by atoms with Crippen LogP contribution in [0.25, 0.3) is 0 Å². The van der Waals surface area contributed by atoms with Crippen molar-refractivity contribution in [3.63, 3.8) is 0 Å². The number of amides is 1. The van der Waals surface area contributed by atoms with E-state index >= 15 is 0 Å². The zero-order valence-electron chi connectivity index (χ0n) is 19.5. The molecule has 0 spiro atoms. The number of piperazine rings is 1. The number of halogens is 3. The maximum absolute atomic E-state index is 13.2. The predicted octanol–water partition coefficient (Wildman–Crippen LogP) is 5.72. The van der Waals surface area contributed by atoms with Gasteiger partial charge >= 0.3 is 0 Å². The van der Waals surface area contributed by atoms with E-state index in [0.29, 0.717) is 53.2 Å². The van der Waals surface area contributed by atoms with E-state index in [4.69, 9.17) is 32.7 Å². The molecule has 3 aromatic rings. The molecule has 3 aromatic carbocycles. The van der Waals surface area contributed by atoms with Crippen LogP contribution in [0.4, 0.5) is 4.39 Å².